The SMILES string of the molecule is C=Cc1ccc(C2CC(c3cc(Cl)cc(Cl)c3)(C(F)(F)F)ON2)cc1C. The molecule has 1 heterocycles. The fraction of sp³-hybridized carbons (Fsp3) is 0.263. The average molecular weight is 402 g/mol. The van der Waals surface area contributed by atoms with Crippen LogP contribution in [0.15, 0.2) is 43.0 Å². The van der Waals surface area contributed by atoms with E-state index in [2.05, 4.69) is 12.1 Å². The van der Waals surface area contributed by atoms with Crippen molar-refractivity contribution in [3.8, 4) is 0 Å². The summed E-state index contributed by atoms with van der Waals surface area (Å²) in [7, 11) is 0. The van der Waals surface area contributed by atoms with Crippen LogP contribution in [-0.2, 0) is 10.4 Å². The van der Waals surface area contributed by atoms with E-state index in [1.165, 1.54) is 18.2 Å². The molecule has 0 amide bonds. The first-order valence-corrected chi connectivity index (χ1v) is 8.62. The van der Waals surface area contributed by atoms with E-state index in [-0.39, 0.29) is 22.0 Å². The van der Waals surface area contributed by atoms with Crippen LogP contribution in [0.1, 0.15) is 34.7 Å². The molecule has 2 aromatic carbocycles. The third-order valence-electron chi connectivity index (χ3n) is 4.57. The first kappa shape index (κ1) is 19.2. The zero-order valence-electron chi connectivity index (χ0n) is 13.8. The maximum Gasteiger partial charge on any atom is 0.423 e. The Morgan fingerprint density at radius 3 is 2.38 bits per heavy atom. The monoisotopic (exact) mass is 401 g/mol. The van der Waals surface area contributed by atoms with Crippen LogP contribution in [0.25, 0.3) is 6.08 Å². The van der Waals surface area contributed by atoms with Gasteiger partial charge < -0.3 is 0 Å². The lowest BCUT2D eigenvalue weighted by atomic mass is 9.85. The lowest BCUT2D eigenvalue weighted by Crippen LogP contribution is -2.42. The van der Waals surface area contributed by atoms with Gasteiger partial charge >= 0.3 is 6.18 Å². The van der Waals surface area contributed by atoms with E-state index in [1.54, 1.807) is 12.1 Å². The van der Waals surface area contributed by atoms with Crippen molar-refractivity contribution in [2.75, 3.05) is 0 Å². The molecule has 3 rings (SSSR count). The number of nitrogens with one attached hydrogen (secondary N) is 1. The Labute approximate surface area is 159 Å². The summed E-state index contributed by atoms with van der Waals surface area (Å²) in [5, 5.41) is 0.240. The Morgan fingerprint density at radius 2 is 1.85 bits per heavy atom. The van der Waals surface area contributed by atoms with Gasteiger partial charge in [-0.1, -0.05) is 54.1 Å². The first-order chi connectivity index (χ1) is 12.2. The second-order valence-electron chi connectivity index (χ2n) is 6.28. The molecule has 1 aliphatic heterocycles. The van der Waals surface area contributed by atoms with Crippen molar-refractivity contribution in [3.63, 3.8) is 0 Å². The number of rotatable bonds is 3. The standard InChI is InChI=1S/C19H16Cl2F3NO/c1-3-12-4-5-13(6-11(12)2)17-10-18(26-25-17,19(22,23)24)14-7-15(20)9-16(21)8-14/h3-9,17,25H,1,10H2,2H3. The van der Waals surface area contributed by atoms with Crippen LogP contribution in [0.5, 0.6) is 0 Å². The van der Waals surface area contributed by atoms with Crippen molar-refractivity contribution in [1.82, 2.24) is 5.48 Å². The van der Waals surface area contributed by atoms with Crippen molar-refractivity contribution in [3.05, 3.63) is 75.3 Å². The lowest BCUT2D eigenvalue weighted by Gasteiger charge is -2.30. The molecule has 0 saturated carbocycles. The van der Waals surface area contributed by atoms with E-state index >= 15 is 0 Å². The van der Waals surface area contributed by atoms with Gasteiger partial charge in [0.2, 0.25) is 5.60 Å². The number of hydroxylamine groups is 1. The molecule has 2 nitrogen and oxygen atoms in total. The minimum absolute atomic E-state index is 0.120. The van der Waals surface area contributed by atoms with E-state index in [9.17, 15) is 13.2 Å². The summed E-state index contributed by atoms with van der Waals surface area (Å²) in [5.41, 5.74) is 2.44. The predicted molar refractivity (Wildman–Crippen MR) is 97.0 cm³/mol. The molecule has 1 N–H and O–H groups in total. The van der Waals surface area contributed by atoms with Crippen molar-refractivity contribution in [2.24, 2.45) is 0 Å². The second kappa shape index (κ2) is 6.89. The zero-order chi connectivity index (χ0) is 19.1. The largest absolute Gasteiger partial charge is 0.423 e. The highest BCUT2D eigenvalue weighted by molar-refractivity contribution is 6.34. The molecular weight excluding hydrogens is 386 g/mol. The Bertz CT molecular complexity index is 833. The molecule has 0 bridgehead atoms. The summed E-state index contributed by atoms with van der Waals surface area (Å²) in [6, 6.07) is 8.63. The Morgan fingerprint density at radius 1 is 1.19 bits per heavy atom. The molecule has 26 heavy (non-hydrogen) atoms. The molecule has 1 fully saturated rings. The molecule has 0 aliphatic carbocycles. The van der Waals surface area contributed by atoms with Crippen LogP contribution in [-0.4, -0.2) is 6.18 Å². The Balaban J connectivity index is 2.02. The molecule has 138 valence electrons. The van der Waals surface area contributed by atoms with E-state index in [0.29, 0.717) is 5.56 Å². The number of hydrogen-bond donors (Lipinski definition) is 1. The maximum absolute atomic E-state index is 14.0. The number of aryl methyl sites for hydroxylation is 1. The summed E-state index contributed by atoms with van der Waals surface area (Å²) in [6.45, 7) is 5.60. The van der Waals surface area contributed by atoms with Crippen LogP contribution in [0.3, 0.4) is 0 Å². The van der Waals surface area contributed by atoms with Gasteiger partial charge in [-0.25, -0.2) is 0 Å². The molecule has 2 aromatic rings. The average Bonchev–Trinajstić information content (AvgIpc) is 3.00. The summed E-state index contributed by atoms with van der Waals surface area (Å²) in [5.74, 6) is 0. The normalized spacial score (nSPS) is 23.2. The minimum Gasteiger partial charge on any atom is -0.280 e. The van der Waals surface area contributed by atoms with Gasteiger partial charge in [0.1, 0.15) is 0 Å². The highest BCUT2D eigenvalue weighted by Crippen LogP contribution is 2.51. The Kier molecular flexibility index (Phi) is 5.10. The number of hydrogen-bond acceptors (Lipinski definition) is 2. The van der Waals surface area contributed by atoms with Gasteiger partial charge in [-0.3, -0.25) is 4.84 Å². The van der Waals surface area contributed by atoms with Crippen LogP contribution in [0, 0.1) is 6.92 Å². The van der Waals surface area contributed by atoms with Gasteiger partial charge in [0, 0.05) is 16.5 Å². The number of halogens is 5. The van der Waals surface area contributed by atoms with Gasteiger partial charge in [-0.2, -0.15) is 18.7 Å². The molecule has 1 saturated heterocycles. The molecule has 2 atom stereocenters. The van der Waals surface area contributed by atoms with E-state index in [1.807, 2.05) is 19.1 Å². The molecule has 0 radical (unpaired) electrons. The third kappa shape index (κ3) is 3.37. The van der Waals surface area contributed by atoms with Crippen LogP contribution in [0.4, 0.5) is 13.2 Å². The van der Waals surface area contributed by atoms with E-state index in [0.717, 1.165) is 11.1 Å². The molecule has 0 spiro atoms. The summed E-state index contributed by atoms with van der Waals surface area (Å²) in [6.07, 6.45) is -3.29. The molecular formula is C19H16Cl2F3NO. The second-order valence-corrected chi connectivity index (χ2v) is 7.15. The van der Waals surface area contributed by atoms with E-state index < -0.39 is 17.8 Å². The van der Waals surface area contributed by atoms with Crippen LogP contribution in [0.2, 0.25) is 10.0 Å². The molecule has 7 heteroatoms. The Hall–Kier alpha value is -1.53. The molecule has 0 aromatic heterocycles. The lowest BCUT2D eigenvalue weighted by molar-refractivity contribution is -0.282. The predicted octanol–water partition coefficient (Wildman–Crippen LogP) is 6.37. The first-order valence-electron chi connectivity index (χ1n) is 7.86. The topological polar surface area (TPSA) is 21.3 Å². The quantitative estimate of drug-likeness (QED) is 0.644. The van der Waals surface area contributed by atoms with Gasteiger partial charge in [0.25, 0.3) is 0 Å². The number of benzene rings is 2. The highest BCUT2D eigenvalue weighted by Gasteiger charge is 2.62. The van der Waals surface area contributed by atoms with Gasteiger partial charge in [0.05, 0.1) is 6.04 Å². The van der Waals surface area contributed by atoms with Crippen molar-refractivity contribution in [2.45, 2.75) is 31.2 Å². The fourth-order valence-corrected chi connectivity index (χ4v) is 3.70. The van der Waals surface area contributed by atoms with Gasteiger partial charge in [-0.15, -0.1) is 0 Å². The van der Waals surface area contributed by atoms with Crippen molar-refractivity contribution in [1.29, 1.82) is 0 Å². The third-order valence-corrected chi connectivity index (χ3v) is 5.01. The minimum atomic E-state index is -4.65. The van der Waals surface area contributed by atoms with Crippen LogP contribution >= 0.6 is 23.2 Å². The van der Waals surface area contributed by atoms with Gasteiger partial charge in [-0.05, 0) is 47.4 Å². The zero-order valence-corrected chi connectivity index (χ0v) is 15.3. The van der Waals surface area contributed by atoms with Crippen LogP contribution < -0.4 is 5.48 Å². The molecule has 1 aliphatic rings. The smallest absolute Gasteiger partial charge is 0.280 e. The van der Waals surface area contributed by atoms with Crippen molar-refractivity contribution >= 4 is 29.3 Å². The fourth-order valence-electron chi connectivity index (χ4n) is 3.17. The highest BCUT2D eigenvalue weighted by atomic mass is 35.5. The maximum atomic E-state index is 14.0. The summed E-state index contributed by atoms with van der Waals surface area (Å²) >= 11 is 11.8. The summed E-state index contributed by atoms with van der Waals surface area (Å²) < 4.78 is 42.0. The molecule has 2 unspecified atom stereocenters. The van der Waals surface area contributed by atoms with Gasteiger partial charge in [0.15, 0.2) is 0 Å². The van der Waals surface area contributed by atoms with E-state index in [4.69, 9.17) is 28.0 Å². The number of alkyl halides is 3. The van der Waals surface area contributed by atoms with Crippen molar-refractivity contribution < 1.29 is 18.0 Å². The summed E-state index contributed by atoms with van der Waals surface area (Å²) in [4.78, 5) is 5.15.